The zero-order chi connectivity index (χ0) is 21.1. The number of carbonyl (C=O) groups is 1. The van der Waals surface area contributed by atoms with Crippen LogP contribution in [-0.4, -0.2) is 25.9 Å². The molecule has 2 aromatic heterocycles. The first kappa shape index (κ1) is 19.2. The molecule has 0 aliphatic carbocycles. The van der Waals surface area contributed by atoms with Crippen LogP contribution in [0.3, 0.4) is 0 Å². The van der Waals surface area contributed by atoms with Gasteiger partial charge in [-0.15, -0.1) is 10.2 Å². The van der Waals surface area contributed by atoms with Gasteiger partial charge in [0.25, 0.3) is 5.91 Å². The molecule has 1 amide bonds. The molecule has 0 atom stereocenters. The molecule has 0 bridgehead atoms. The van der Waals surface area contributed by atoms with Gasteiger partial charge in [0, 0.05) is 23.5 Å². The monoisotopic (exact) mass is 407 g/mol. The van der Waals surface area contributed by atoms with E-state index in [4.69, 9.17) is 4.74 Å². The number of benzene rings is 2. The van der Waals surface area contributed by atoms with Gasteiger partial charge in [-0.3, -0.25) is 4.79 Å². The summed E-state index contributed by atoms with van der Waals surface area (Å²) in [5, 5.41) is 15.0. The third-order valence-corrected chi connectivity index (χ3v) is 4.10. The van der Waals surface area contributed by atoms with E-state index < -0.39 is 17.5 Å². The van der Waals surface area contributed by atoms with Gasteiger partial charge in [0.15, 0.2) is 17.5 Å². The highest BCUT2D eigenvalue weighted by Gasteiger charge is 2.10. The normalized spacial score (nSPS) is 10.6. The van der Waals surface area contributed by atoms with Crippen LogP contribution in [0.25, 0.3) is 5.82 Å². The van der Waals surface area contributed by atoms with Crippen molar-refractivity contribution in [1.29, 1.82) is 0 Å². The number of hydrogen-bond acceptors (Lipinski definition) is 5. The van der Waals surface area contributed by atoms with Gasteiger partial charge in [-0.05, 0) is 61.5 Å². The molecule has 2 aromatic carbocycles. The number of ether oxygens (including phenoxy) is 1. The van der Waals surface area contributed by atoms with Crippen molar-refractivity contribution >= 4 is 11.6 Å². The highest BCUT2D eigenvalue weighted by atomic mass is 19.2. The number of nitrogens with one attached hydrogen (secondary N) is 1. The summed E-state index contributed by atoms with van der Waals surface area (Å²) in [5.74, 6) is -1.31. The molecule has 4 aromatic rings. The minimum Gasteiger partial charge on any atom is -0.438 e. The van der Waals surface area contributed by atoms with Crippen molar-refractivity contribution in [3.63, 3.8) is 0 Å². The van der Waals surface area contributed by atoms with Crippen molar-refractivity contribution in [3.8, 4) is 17.4 Å². The summed E-state index contributed by atoms with van der Waals surface area (Å²) in [6, 6.07) is 14.7. The number of anilines is 1. The summed E-state index contributed by atoms with van der Waals surface area (Å²) in [4.78, 5) is 12.1. The maximum Gasteiger partial charge on any atom is 0.255 e. The summed E-state index contributed by atoms with van der Waals surface area (Å²) in [5.41, 5.74) is 1.35. The Morgan fingerprint density at radius 2 is 1.77 bits per heavy atom. The van der Waals surface area contributed by atoms with E-state index in [0.29, 0.717) is 23.1 Å². The SMILES string of the molecule is Cc1ccn(-c2ccc(Oc3ccc(NC(=O)c4ccc(F)c(F)c4)cc3)nn2)n1. The summed E-state index contributed by atoms with van der Waals surface area (Å²) in [6.45, 7) is 1.88. The van der Waals surface area contributed by atoms with Crippen LogP contribution < -0.4 is 10.1 Å². The van der Waals surface area contributed by atoms with Gasteiger partial charge >= 0.3 is 0 Å². The molecular weight excluding hydrogens is 392 g/mol. The zero-order valence-corrected chi connectivity index (χ0v) is 15.7. The fraction of sp³-hybridized carbons (Fsp3) is 0.0476. The largest absolute Gasteiger partial charge is 0.438 e. The molecule has 0 aliphatic heterocycles. The van der Waals surface area contributed by atoms with Gasteiger partial charge in [-0.2, -0.15) is 5.10 Å². The molecule has 2 heterocycles. The molecule has 30 heavy (non-hydrogen) atoms. The molecule has 4 rings (SSSR count). The Labute approximate surface area is 170 Å². The van der Waals surface area contributed by atoms with Gasteiger partial charge < -0.3 is 10.1 Å². The van der Waals surface area contributed by atoms with Gasteiger partial charge in [-0.1, -0.05) is 0 Å². The van der Waals surface area contributed by atoms with Crippen LogP contribution in [0.1, 0.15) is 16.1 Å². The van der Waals surface area contributed by atoms with E-state index in [0.717, 1.165) is 17.8 Å². The smallest absolute Gasteiger partial charge is 0.255 e. The Hall–Kier alpha value is -4.14. The second-order valence-corrected chi connectivity index (χ2v) is 6.34. The standard InChI is InChI=1S/C21H15F2N5O2/c1-13-10-11-28(27-13)19-8-9-20(26-25-19)30-16-5-3-15(4-6-16)24-21(29)14-2-7-17(22)18(23)12-14/h2-12H,1H3,(H,24,29). The zero-order valence-electron chi connectivity index (χ0n) is 15.7. The van der Waals surface area contributed by atoms with Crippen molar-refractivity contribution in [3.05, 3.63) is 89.8 Å². The minimum atomic E-state index is -1.08. The summed E-state index contributed by atoms with van der Waals surface area (Å²) >= 11 is 0. The maximum atomic E-state index is 13.3. The topological polar surface area (TPSA) is 81.9 Å². The lowest BCUT2D eigenvalue weighted by atomic mass is 10.2. The first-order chi connectivity index (χ1) is 14.5. The Balaban J connectivity index is 1.39. The van der Waals surface area contributed by atoms with Crippen LogP contribution in [0, 0.1) is 18.6 Å². The highest BCUT2D eigenvalue weighted by molar-refractivity contribution is 6.04. The Kier molecular flexibility index (Phi) is 5.17. The maximum absolute atomic E-state index is 13.3. The number of hydrogen-bond donors (Lipinski definition) is 1. The average Bonchev–Trinajstić information content (AvgIpc) is 3.18. The van der Waals surface area contributed by atoms with Crippen LogP contribution in [0.4, 0.5) is 14.5 Å². The number of aromatic nitrogens is 4. The molecule has 0 unspecified atom stereocenters. The number of halogens is 2. The Morgan fingerprint density at radius 3 is 2.40 bits per heavy atom. The van der Waals surface area contributed by atoms with Crippen molar-refractivity contribution in [2.24, 2.45) is 0 Å². The molecule has 1 N–H and O–H groups in total. The third kappa shape index (κ3) is 4.30. The summed E-state index contributed by atoms with van der Waals surface area (Å²) in [6.07, 6.45) is 1.78. The predicted molar refractivity (Wildman–Crippen MR) is 105 cm³/mol. The highest BCUT2D eigenvalue weighted by Crippen LogP contribution is 2.22. The quantitative estimate of drug-likeness (QED) is 0.534. The van der Waals surface area contributed by atoms with E-state index in [1.165, 1.54) is 6.07 Å². The van der Waals surface area contributed by atoms with Crippen molar-refractivity contribution < 1.29 is 18.3 Å². The van der Waals surface area contributed by atoms with E-state index >= 15 is 0 Å². The molecule has 0 radical (unpaired) electrons. The van der Waals surface area contributed by atoms with Crippen LogP contribution in [0.2, 0.25) is 0 Å². The predicted octanol–water partition coefficient (Wildman–Crippen LogP) is 4.29. The number of aryl methyl sites for hydroxylation is 1. The van der Waals surface area contributed by atoms with Crippen molar-refractivity contribution in [2.45, 2.75) is 6.92 Å². The first-order valence-electron chi connectivity index (χ1n) is 8.89. The van der Waals surface area contributed by atoms with E-state index in [1.807, 2.05) is 13.0 Å². The average molecular weight is 407 g/mol. The third-order valence-electron chi connectivity index (χ3n) is 4.10. The van der Waals surface area contributed by atoms with E-state index in [-0.39, 0.29) is 5.56 Å². The summed E-state index contributed by atoms with van der Waals surface area (Å²) < 4.78 is 33.5. The molecule has 0 aliphatic rings. The fourth-order valence-electron chi connectivity index (χ4n) is 2.60. The van der Waals surface area contributed by atoms with Gasteiger partial charge in [0.05, 0.1) is 5.69 Å². The Morgan fingerprint density at radius 1 is 0.967 bits per heavy atom. The fourth-order valence-corrected chi connectivity index (χ4v) is 2.60. The lowest BCUT2D eigenvalue weighted by Crippen LogP contribution is -2.12. The lowest BCUT2D eigenvalue weighted by molar-refractivity contribution is 0.102. The second-order valence-electron chi connectivity index (χ2n) is 6.34. The Bertz CT molecular complexity index is 1190. The van der Waals surface area contributed by atoms with Crippen LogP contribution in [0.15, 0.2) is 66.9 Å². The van der Waals surface area contributed by atoms with Crippen LogP contribution in [0.5, 0.6) is 11.6 Å². The molecular formula is C21H15F2N5O2. The van der Waals surface area contributed by atoms with Crippen LogP contribution in [-0.2, 0) is 0 Å². The molecule has 150 valence electrons. The summed E-state index contributed by atoms with van der Waals surface area (Å²) in [7, 11) is 0. The minimum absolute atomic E-state index is 0.0111. The van der Waals surface area contributed by atoms with Gasteiger partial charge in [0.2, 0.25) is 5.88 Å². The number of amides is 1. The molecule has 0 fully saturated rings. The molecule has 0 saturated heterocycles. The van der Waals surface area contributed by atoms with Gasteiger partial charge in [-0.25, -0.2) is 13.5 Å². The lowest BCUT2D eigenvalue weighted by Gasteiger charge is -2.08. The van der Waals surface area contributed by atoms with Crippen LogP contribution >= 0.6 is 0 Å². The van der Waals surface area contributed by atoms with Gasteiger partial charge in [0.1, 0.15) is 5.75 Å². The van der Waals surface area contributed by atoms with Crippen molar-refractivity contribution in [1.82, 2.24) is 20.0 Å². The van der Waals surface area contributed by atoms with E-state index in [9.17, 15) is 13.6 Å². The number of rotatable bonds is 5. The van der Waals surface area contributed by atoms with E-state index in [2.05, 4.69) is 20.6 Å². The molecule has 9 heteroatoms. The first-order valence-corrected chi connectivity index (χ1v) is 8.89. The van der Waals surface area contributed by atoms with E-state index in [1.54, 1.807) is 47.3 Å². The second kappa shape index (κ2) is 8.08. The number of nitrogens with zero attached hydrogens (tertiary/aromatic N) is 4. The molecule has 0 spiro atoms. The van der Waals surface area contributed by atoms with Crippen molar-refractivity contribution in [2.75, 3.05) is 5.32 Å². The number of carbonyl (C=O) groups excluding carboxylic acids is 1. The molecule has 0 saturated carbocycles. The molecule has 7 nitrogen and oxygen atoms in total.